The van der Waals surface area contributed by atoms with Crippen LogP contribution in [0.3, 0.4) is 0 Å². The Bertz CT molecular complexity index is 694. The maximum absolute atomic E-state index is 12.3. The Balaban J connectivity index is 1.65. The largest absolute Gasteiger partial charge is 0.481 e. The Hall–Kier alpha value is -2.15. The van der Waals surface area contributed by atoms with E-state index in [-0.39, 0.29) is 18.9 Å². The number of carbonyl (C=O) groups is 2. The van der Waals surface area contributed by atoms with Gasteiger partial charge < -0.3 is 14.4 Å². The molecule has 116 valence electrons. The lowest BCUT2D eigenvalue weighted by molar-refractivity contribution is -0.147. The number of likely N-dealkylation sites (tertiary alicyclic amines) is 1. The number of thiophene rings is 1. The number of aromatic nitrogens is 1. The molecule has 6 nitrogen and oxygen atoms in total. The molecule has 0 spiro atoms. The Morgan fingerprint density at radius 3 is 3.00 bits per heavy atom. The third-order valence-electron chi connectivity index (χ3n) is 3.96. The van der Waals surface area contributed by atoms with Crippen molar-refractivity contribution in [2.45, 2.75) is 19.8 Å². The summed E-state index contributed by atoms with van der Waals surface area (Å²) in [7, 11) is 0. The van der Waals surface area contributed by atoms with E-state index in [1.54, 1.807) is 11.8 Å². The second-order valence-corrected chi connectivity index (χ2v) is 6.68. The van der Waals surface area contributed by atoms with Gasteiger partial charge in [-0.3, -0.25) is 9.59 Å². The molecular formula is C15H16N2O4S. The summed E-state index contributed by atoms with van der Waals surface area (Å²) >= 11 is 1.52. The van der Waals surface area contributed by atoms with Crippen LogP contribution in [0.1, 0.15) is 19.0 Å². The van der Waals surface area contributed by atoms with Crippen molar-refractivity contribution in [1.29, 1.82) is 0 Å². The average molecular weight is 320 g/mol. The van der Waals surface area contributed by atoms with Crippen LogP contribution in [0.25, 0.3) is 10.8 Å². The minimum absolute atomic E-state index is 0.115. The van der Waals surface area contributed by atoms with Crippen LogP contribution < -0.4 is 0 Å². The molecule has 3 heterocycles. The highest BCUT2D eigenvalue weighted by molar-refractivity contribution is 7.13. The lowest BCUT2D eigenvalue weighted by atomic mass is 9.90. The molecule has 1 N–H and O–H groups in total. The standard InChI is InChI=1S/C15H16N2O4S/c1-15(14(19)20)4-5-17(9-15)12(18)7-10-8-21-13(16-10)11-3-2-6-22-11/h2-3,6,8H,4-5,7,9H2,1H3,(H,19,20). The van der Waals surface area contributed by atoms with E-state index in [9.17, 15) is 14.7 Å². The van der Waals surface area contributed by atoms with E-state index in [0.29, 0.717) is 24.6 Å². The van der Waals surface area contributed by atoms with E-state index < -0.39 is 11.4 Å². The van der Waals surface area contributed by atoms with Crippen molar-refractivity contribution >= 4 is 23.2 Å². The van der Waals surface area contributed by atoms with Crippen LogP contribution in [0.5, 0.6) is 0 Å². The fourth-order valence-electron chi connectivity index (χ4n) is 2.52. The van der Waals surface area contributed by atoms with E-state index in [1.165, 1.54) is 17.6 Å². The number of nitrogens with zero attached hydrogens (tertiary/aromatic N) is 2. The van der Waals surface area contributed by atoms with Crippen LogP contribution in [0.4, 0.5) is 0 Å². The smallest absolute Gasteiger partial charge is 0.311 e. The zero-order valence-electron chi connectivity index (χ0n) is 12.1. The van der Waals surface area contributed by atoms with Crippen LogP contribution in [-0.2, 0) is 16.0 Å². The number of carboxylic acids is 1. The minimum Gasteiger partial charge on any atom is -0.481 e. The molecule has 0 aliphatic carbocycles. The van der Waals surface area contributed by atoms with E-state index in [0.717, 1.165) is 4.88 Å². The number of carboxylic acid groups (broad SMARTS) is 1. The van der Waals surface area contributed by atoms with Crippen LogP contribution in [-0.4, -0.2) is 40.0 Å². The lowest BCUT2D eigenvalue weighted by Crippen LogP contribution is -2.35. The summed E-state index contributed by atoms with van der Waals surface area (Å²) in [6, 6.07) is 3.81. The number of aliphatic carboxylic acids is 1. The number of hydrogen-bond acceptors (Lipinski definition) is 5. The third kappa shape index (κ3) is 2.76. The van der Waals surface area contributed by atoms with Gasteiger partial charge in [-0.1, -0.05) is 6.07 Å². The van der Waals surface area contributed by atoms with Crippen LogP contribution in [0, 0.1) is 5.41 Å². The number of hydrogen-bond donors (Lipinski definition) is 1. The lowest BCUT2D eigenvalue weighted by Gasteiger charge is -2.19. The van der Waals surface area contributed by atoms with Gasteiger partial charge >= 0.3 is 5.97 Å². The van der Waals surface area contributed by atoms with Crippen molar-refractivity contribution in [1.82, 2.24) is 9.88 Å². The highest BCUT2D eigenvalue weighted by Crippen LogP contribution is 2.30. The second-order valence-electron chi connectivity index (χ2n) is 5.73. The van der Waals surface area contributed by atoms with Crippen molar-refractivity contribution in [2.75, 3.05) is 13.1 Å². The Morgan fingerprint density at radius 1 is 1.55 bits per heavy atom. The fraction of sp³-hybridized carbons (Fsp3) is 0.400. The van der Waals surface area contributed by atoms with Gasteiger partial charge in [-0.2, -0.15) is 0 Å². The number of amides is 1. The molecule has 0 bridgehead atoms. The predicted molar refractivity (Wildman–Crippen MR) is 80.5 cm³/mol. The molecule has 1 amide bonds. The summed E-state index contributed by atoms with van der Waals surface area (Å²) in [6.45, 7) is 2.39. The molecule has 22 heavy (non-hydrogen) atoms. The average Bonchev–Trinajstić information content (AvgIpc) is 3.17. The Kier molecular flexibility index (Phi) is 3.74. The first-order valence-electron chi connectivity index (χ1n) is 6.97. The van der Waals surface area contributed by atoms with Gasteiger partial charge in [0.25, 0.3) is 0 Å². The molecule has 0 saturated carbocycles. The topological polar surface area (TPSA) is 83.6 Å². The number of oxazole rings is 1. The predicted octanol–water partition coefficient (Wildman–Crippen LogP) is 2.27. The third-order valence-corrected chi connectivity index (χ3v) is 4.82. The zero-order valence-corrected chi connectivity index (χ0v) is 12.9. The summed E-state index contributed by atoms with van der Waals surface area (Å²) in [5, 5.41) is 11.1. The number of carbonyl (C=O) groups excluding carboxylic acids is 1. The van der Waals surface area contributed by atoms with Crippen molar-refractivity contribution in [3.05, 3.63) is 29.5 Å². The van der Waals surface area contributed by atoms with Gasteiger partial charge in [-0.25, -0.2) is 4.98 Å². The van der Waals surface area contributed by atoms with Crippen molar-refractivity contribution in [2.24, 2.45) is 5.41 Å². The highest BCUT2D eigenvalue weighted by Gasteiger charge is 2.42. The van der Waals surface area contributed by atoms with Gasteiger partial charge in [0.1, 0.15) is 6.26 Å². The molecular weight excluding hydrogens is 304 g/mol. The van der Waals surface area contributed by atoms with Crippen LogP contribution >= 0.6 is 11.3 Å². The Labute approximate surface area is 131 Å². The molecule has 2 aromatic heterocycles. The maximum atomic E-state index is 12.3. The van der Waals surface area contributed by atoms with Gasteiger partial charge in [-0.05, 0) is 24.8 Å². The van der Waals surface area contributed by atoms with Crippen LogP contribution in [0.2, 0.25) is 0 Å². The monoisotopic (exact) mass is 320 g/mol. The first-order valence-corrected chi connectivity index (χ1v) is 7.85. The SMILES string of the molecule is CC1(C(=O)O)CCN(C(=O)Cc2coc(-c3cccs3)n2)C1. The van der Waals surface area contributed by atoms with Crippen molar-refractivity contribution < 1.29 is 19.1 Å². The van der Waals surface area contributed by atoms with Gasteiger partial charge in [0.05, 0.1) is 22.4 Å². The first-order chi connectivity index (χ1) is 10.5. The summed E-state index contributed by atoms with van der Waals surface area (Å²) in [5.74, 6) is -0.463. The van der Waals surface area contributed by atoms with E-state index in [2.05, 4.69) is 4.98 Å². The van der Waals surface area contributed by atoms with E-state index in [1.807, 2.05) is 17.5 Å². The fourth-order valence-corrected chi connectivity index (χ4v) is 3.17. The van der Waals surface area contributed by atoms with E-state index in [4.69, 9.17) is 4.42 Å². The van der Waals surface area contributed by atoms with Crippen molar-refractivity contribution in [3.63, 3.8) is 0 Å². The molecule has 1 unspecified atom stereocenters. The normalized spacial score (nSPS) is 21.2. The molecule has 0 radical (unpaired) electrons. The summed E-state index contributed by atoms with van der Waals surface area (Å²) in [6.07, 6.45) is 2.09. The number of rotatable bonds is 4. The van der Waals surface area contributed by atoms with Gasteiger partial charge in [-0.15, -0.1) is 11.3 Å². The van der Waals surface area contributed by atoms with Gasteiger partial charge in [0.15, 0.2) is 0 Å². The summed E-state index contributed by atoms with van der Waals surface area (Å²) in [5.41, 5.74) is -0.279. The summed E-state index contributed by atoms with van der Waals surface area (Å²) in [4.78, 5) is 30.3. The molecule has 7 heteroatoms. The van der Waals surface area contributed by atoms with Crippen molar-refractivity contribution in [3.8, 4) is 10.8 Å². The molecule has 1 aliphatic heterocycles. The maximum Gasteiger partial charge on any atom is 0.311 e. The minimum atomic E-state index is -0.857. The van der Waals surface area contributed by atoms with Gasteiger partial charge in [0, 0.05) is 13.1 Å². The molecule has 1 fully saturated rings. The summed E-state index contributed by atoms with van der Waals surface area (Å²) < 4.78 is 5.39. The molecule has 1 atom stereocenters. The quantitative estimate of drug-likeness (QED) is 0.934. The molecule has 1 aliphatic rings. The molecule has 0 aromatic carbocycles. The van der Waals surface area contributed by atoms with Crippen LogP contribution in [0.15, 0.2) is 28.2 Å². The first kappa shape index (κ1) is 14.8. The zero-order chi connectivity index (χ0) is 15.7. The second kappa shape index (κ2) is 5.57. The molecule has 3 rings (SSSR count). The van der Waals surface area contributed by atoms with E-state index >= 15 is 0 Å². The highest BCUT2D eigenvalue weighted by atomic mass is 32.1. The molecule has 2 aromatic rings. The Morgan fingerprint density at radius 2 is 2.36 bits per heavy atom. The molecule has 1 saturated heterocycles. The van der Waals surface area contributed by atoms with Gasteiger partial charge in [0.2, 0.25) is 11.8 Å².